The van der Waals surface area contributed by atoms with Gasteiger partial charge in [-0.2, -0.15) is 0 Å². The molecule has 4 nitrogen and oxygen atoms in total. The van der Waals surface area contributed by atoms with E-state index in [0.717, 1.165) is 41.0 Å². The van der Waals surface area contributed by atoms with E-state index in [4.69, 9.17) is 4.74 Å². The van der Waals surface area contributed by atoms with Gasteiger partial charge in [0, 0.05) is 12.0 Å². The topological polar surface area (TPSA) is 51.2 Å². The van der Waals surface area contributed by atoms with Crippen LogP contribution in [0.1, 0.15) is 19.3 Å². The summed E-state index contributed by atoms with van der Waals surface area (Å²) in [4.78, 5) is 16.5. The third-order valence-electron chi connectivity index (χ3n) is 4.04. The van der Waals surface area contributed by atoms with Gasteiger partial charge in [-0.15, -0.1) is 0 Å². The summed E-state index contributed by atoms with van der Waals surface area (Å²) in [7, 11) is 0. The van der Waals surface area contributed by atoms with Gasteiger partial charge in [0.05, 0.1) is 10.2 Å². The Morgan fingerprint density at radius 3 is 2.70 bits per heavy atom. The minimum Gasteiger partial charge on any atom is -0.457 e. The van der Waals surface area contributed by atoms with Crippen LogP contribution in [0.5, 0.6) is 11.5 Å². The lowest BCUT2D eigenvalue weighted by Gasteiger charge is -2.23. The van der Waals surface area contributed by atoms with Gasteiger partial charge in [-0.05, 0) is 37.1 Å². The Morgan fingerprint density at radius 2 is 1.96 bits per heavy atom. The largest absolute Gasteiger partial charge is 0.457 e. The molecule has 1 aromatic heterocycles. The van der Waals surface area contributed by atoms with Gasteiger partial charge in [0.25, 0.3) is 0 Å². The van der Waals surface area contributed by atoms with Crippen LogP contribution in [0.4, 0.5) is 5.13 Å². The molecule has 1 aliphatic carbocycles. The highest BCUT2D eigenvalue weighted by Gasteiger charge is 2.25. The number of nitrogens with zero attached hydrogens (tertiary/aromatic N) is 1. The Balaban J connectivity index is 1.53. The Morgan fingerprint density at radius 1 is 1.13 bits per heavy atom. The van der Waals surface area contributed by atoms with Crippen molar-refractivity contribution in [2.75, 3.05) is 5.32 Å². The second kappa shape index (κ2) is 6.01. The minimum absolute atomic E-state index is 0.0936. The van der Waals surface area contributed by atoms with Crippen LogP contribution in [-0.4, -0.2) is 10.9 Å². The highest BCUT2D eigenvalue weighted by molar-refractivity contribution is 7.22. The molecule has 4 rings (SSSR count). The molecule has 0 atom stereocenters. The number of carbonyl (C=O) groups excluding carboxylic acids is 1. The molecule has 0 aliphatic heterocycles. The van der Waals surface area contributed by atoms with Crippen molar-refractivity contribution in [1.82, 2.24) is 4.98 Å². The number of ether oxygens (including phenoxy) is 1. The molecule has 0 radical (unpaired) electrons. The summed E-state index contributed by atoms with van der Waals surface area (Å²) >= 11 is 1.48. The maximum absolute atomic E-state index is 12.0. The highest BCUT2D eigenvalue weighted by atomic mass is 32.1. The van der Waals surface area contributed by atoms with E-state index in [1.807, 2.05) is 48.5 Å². The SMILES string of the molecule is O=C(Nc1nc2ccc(Oc3ccccc3)cc2s1)C1CCC1. The molecule has 0 bridgehead atoms. The fraction of sp³-hybridized carbons (Fsp3) is 0.222. The maximum Gasteiger partial charge on any atom is 0.229 e. The number of thiazole rings is 1. The molecule has 116 valence electrons. The van der Waals surface area contributed by atoms with Crippen molar-refractivity contribution in [3.05, 3.63) is 48.5 Å². The van der Waals surface area contributed by atoms with Crippen LogP contribution in [0.25, 0.3) is 10.2 Å². The van der Waals surface area contributed by atoms with E-state index in [-0.39, 0.29) is 11.8 Å². The summed E-state index contributed by atoms with van der Waals surface area (Å²) in [5.74, 6) is 1.83. The first-order valence-electron chi connectivity index (χ1n) is 7.72. The third-order valence-corrected chi connectivity index (χ3v) is 4.98. The Bertz CT molecular complexity index is 841. The van der Waals surface area contributed by atoms with Gasteiger partial charge in [-0.3, -0.25) is 4.79 Å². The average Bonchev–Trinajstić information content (AvgIpc) is 2.87. The zero-order chi connectivity index (χ0) is 15.6. The number of aromatic nitrogens is 1. The Kier molecular flexibility index (Phi) is 3.71. The zero-order valence-corrected chi connectivity index (χ0v) is 13.3. The summed E-state index contributed by atoms with van der Waals surface area (Å²) in [6.45, 7) is 0. The Hall–Kier alpha value is -2.40. The smallest absolute Gasteiger partial charge is 0.229 e. The van der Waals surface area contributed by atoms with Gasteiger partial charge < -0.3 is 10.1 Å². The molecule has 1 fully saturated rings. The summed E-state index contributed by atoms with van der Waals surface area (Å²) < 4.78 is 6.84. The first kappa shape index (κ1) is 14.2. The van der Waals surface area contributed by atoms with Gasteiger partial charge in [0.1, 0.15) is 11.5 Å². The summed E-state index contributed by atoms with van der Waals surface area (Å²) in [6, 6.07) is 15.4. The van der Waals surface area contributed by atoms with Crippen LogP contribution in [0.15, 0.2) is 48.5 Å². The molecule has 0 spiro atoms. The number of hydrogen-bond acceptors (Lipinski definition) is 4. The van der Waals surface area contributed by atoms with Crippen LogP contribution < -0.4 is 10.1 Å². The van der Waals surface area contributed by atoms with Crippen LogP contribution >= 0.6 is 11.3 Å². The van der Waals surface area contributed by atoms with Crippen molar-refractivity contribution in [1.29, 1.82) is 0 Å². The van der Waals surface area contributed by atoms with Crippen LogP contribution in [-0.2, 0) is 4.79 Å². The van der Waals surface area contributed by atoms with Crippen LogP contribution in [0, 0.1) is 5.92 Å². The molecule has 1 saturated carbocycles. The van der Waals surface area contributed by atoms with Crippen molar-refractivity contribution in [3.63, 3.8) is 0 Å². The minimum atomic E-state index is 0.0936. The fourth-order valence-corrected chi connectivity index (χ4v) is 3.42. The number of rotatable bonds is 4. The molecular weight excluding hydrogens is 308 g/mol. The first-order chi connectivity index (χ1) is 11.3. The number of amides is 1. The van der Waals surface area contributed by atoms with E-state index in [9.17, 15) is 4.79 Å². The second-order valence-electron chi connectivity index (χ2n) is 5.68. The first-order valence-corrected chi connectivity index (χ1v) is 8.54. The number of para-hydroxylation sites is 1. The van der Waals surface area contributed by atoms with Gasteiger partial charge in [-0.1, -0.05) is 36.0 Å². The van der Waals surface area contributed by atoms with Crippen LogP contribution in [0.3, 0.4) is 0 Å². The number of hydrogen-bond donors (Lipinski definition) is 1. The molecule has 0 unspecified atom stereocenters. The molecule has 0 saturated heterocycles. The summed E-state index contributed by atoms with van der Waals surface area (Å²) in [6.07, 6.45) is 3.13. The molecule has 1 amide bonds. The molecule has 2 aromatic carbocycles. The number of anilines is 1. The van der Waals surface area contributed by atoms with Crippen molar-refractivity contribution in [2.24, 2.45) is 5.92 Å². The number of nitrogens with one attached hydrogen (secondary N) is 1. The van der Waals surface area contributed by atoms with Gasteiger partial charge in [0.2, 0.25) is 5.91 Å². The van der Waals surface area contributed by atoms with E-state index >= 15 is 0 Å². The van der Waals surface area contributed by atoms with Crippen LogP contribution in [0.2, 0.25) is 0 Å². The van der Waals surface area contributed by atoms with E-state index in [2.05, 4.69) is 10.3 Å². The predicted octanol–water partition coefficient (Wildman–Crippen LogP) is 4.83. The second-order valence-corrected chi connectivity index (χ2v) is 6.71. The summed E-state index contributed by atoms with van der Waals surface area (Å²) in [5.41, 5.74) is 0.874. The third kappa shape index (κ3) is 3.05. The van der Waals surface area contributed by atoms with Gasteiger partial charge in [-0.25, -0.2) is 4.98 Å². The summed E-state index contributed by atoms with van der Waals surface area (Å²) in [5, 5.41) is 3.59. The Labute approximate surface area is 138 Å². The molecule has 1 heterocycles. The van der Waals surface area contributed by atoms with E-state index < -0.39 is 0 Å². The molecule has 1 aliphatic rings. The van der Waals surface area contributed by atoms with E-state index in [1.165, 1.54) is 11.3 Å². The highest BCUT2D eigenvalue weighted by Crippen LogP contribution is 2.33. The zero-order valence-electron chi connectivity index (χ0n) is 12.5. The fourth-order valence-electron chi connectivity index (χ4n) is 2.52. The standard InChI is InChI=1S/C18H16N2O2S/c21-17(12-5-4-6-12)20-18-19-15-10-9-14(11-16(15)23-18)22-13-7-2-1-3-8-13/h1-3,7-12H,4-6H2,(H,19,20,21). The average molecular weight is 324 g/mol. The monoisotopic (exact) mass is 324 g/mol. The van der Waals surface area contributed by atoms with E-state index in [0.29, 0.717) is 5.13 Å². The van der Waals surface area contributed by atoms with Crippen molar-refractivity contribution in [3.8, 4) is 11.5 Å². The lowest BCUT2D eigenvalue weighted by molar-refractivity contribution is -0.122. The molecule has 5 heteroatoms. The van der Waals surface area contributed by atoms with Crippen molar-refractivity contribution in [2.45, 2.75) is 19.3 Å². The quantitative estimate of drug-likeness (QED) is 0.748. The number of carbonyl (C=O) groups is 1. The predicted molar refractivity (Wildman–Crippen MR) is 92.1 cm³/mol. The molecule has 3 aromatic rings. The normalized spacial score (nSPS) is 14.4. The van der Waals surface area contributed by atoms with Crippen molar-refractivity contribution < 1.29 is 9.53 Å². The maximum atomic E-state index is 12.0. The van der Waals surface area contributed by atoms with Crippen molar-refractivity contribution >= 4 is 32.6 Å². The molecule has 23 heavy (non-hydrogen) atoms. The van der Waals surface area contributed by atoms with E-state index in [1.54, 1.807) is 0 Å². The lowest BCUT2D eigenvalue weighted by Crippen LogP contribution is -2.27. The van der Waals surface area contributed by atoms with Gasteiger partial charge in [0.15, 0.2) is 5.13 Å². The number of fused-ring (bicyclic) bond motifs is 1. The van der Waals surface area contributed by atoms with Gasteiger partial charge >= 0.3 is 0 Å². The molecular formula is C18H16N2O2S. The molecule has 1 N–H and O–H groups in total. The number of benzene rings is 2. The lowest BCUT2D eigenvalue weighted by atomic mass is 9.85.